The Morgan fingerprint density at radius 3 is 2.16 bits per heavy atom. The molecule has 178 valence electrons. The summed E-state index contributed by atoms with van der Waals surface area (Å²) in [6, 6.07) is 0. The van der Waals surface area contributed by atoms with Gasteiger partial charge in [-0.3, -0.25) is 4.79 Å². The number of rotatable bonds is 1. The molecule has 5 aliphatic rings. The highest BCUT2D eigenvalue weighted by atomic mass is 16.1. The lowest BCUT2D eigenvalue weighted by Crippen LogP contribution is -2.65. The fourth-order valence-electron chi connectivity index (χ4n) is 10.4. The lowest BCUT2D eigenvalue weighted by atomic mass is 9.32. The first-order valence-electron chi connectivity index (χ1n) is 13.5. The van der Waals surface area contributed by atoms with Gasteiger partial charge in [-0.1, -0.05) is 60.1 Å². The molecule has 0 N–H and O–H groups in total. The van der Waals surface area contributed by atoms with Crippen molar-refractivity contribution in [1.82, 2.24) is 0 Å². The molecular weight excluding hydrogens is 392 g/mol. The van der Waals surface area contributed by atoms with Crippen LogP contribution >= 0.6 is 0 Å². The van der Waals surface area contributed by atoms with Crippen LogP contribution in [0.5, 0.6) is 0 Å². The van der Waals surface area contributed by atoms with Crippen LogP contribution in [0.15, 0.2) is 11.6 Å². The van der Waals surface area contributed by atoms with Crippen molar-refractivity contribution in [3.63, 3.8) is 0 Å². The van der Waals surface area contributed by atoms with Gasteiger partial charge in [0.15, 0.2) is 0 Å². The third-order valence-electron chi connectivity index (χ3n) is 12.6. The standard InChI is InChI=1S/C30H46O2/c1-25(2)14-16-30(19-31)17-15-28(6)20(21(30)18-25)8-9-23-27(5)12-11-24(32)26(3,4)22(27)10-13-29(23,28)7/h18-20,22-23H,8-17H2,1-7H3/t20-,22+,23-,27+,28-,29-,30-/m1/s1. The molecule has 2 nitrogen and oxygen atoms in total. The minimum absolute atomic E-state index is 0.179. The normalized spacial score (nSPS) is 51.4. The van der Waals surface area contributed by atoms with Crippen LogP contribution in [0.1, 0.15) is 113 Å². The van der Waals surface area contributed by atoms with Gasteiger partial charge < -0.3 is 4.79 Å². The summed E-state index contributed by atoms with van der Waals surface area (Å²) in [6.07, 6.45) is 15.0. The lowest BCUT2D eigenvalue weighted by molar-refractivity contribution is -0.211. The molecule has 0 aromatic carbocycles. The van der Waals surface area contributed by atoms with E-state index in [4.69, 9.17) is 0 Å². The third-order valence-corrected chi connectivity index (χ3v) is 12.6. The summed E-state index contributed by atoms with van der Waals surface area (Å²) in [5.41, 5.74) is 2.15. The summed E-state index contributed by atoms with van der Waals surface area (Å²) < 4.78 is 0. The van der Waals surface area contributed by atoms with Gasteiger partial charge in [0.1, 0.15) is 12.1 Å². The molecule has 0 heterocycles. The molecule has 0 saturated heterocycles. The molecule has 0 radical (unpaired) electrons. The Hall–Kier alpha value is -0.920. The minimum atomic E-state index is -0.191. The van der Waals surface area contributed by atoms with Crippen LogP contribution in [0.2, 0.25) is 0 Å². The van der Waals surface area contributed by atoms with E-state index >= 15 is 0 Å². The zero-order valence-electron chi connectivity index (χ0n) is 21.8. The van der Waals surface area contributed by atoms with Gasteiger partial charge in [0.2, 0.25) is 0 Å². The molecule has 4 fully saturated rings. The number of aldehydes is 1. The monoisotopic (exact) mass is 438 g/mol. The van der Waals surface area contributed by atoms with E-state index in [0.29, 0.717) is 23.5 Å². The number of fused-ring (bicyclic) bond motifs is 7. The van der Waals surface area contributed by atoms with Crippen LogP contribution in [-0.2, 0) is 9.59 Å². The van der Waals surface area contributed by atoms with Gasteiger partial charge in [0.25, 0.3) is 0 Å². The van der Waals surface area contributed by atoms with E-state index < -0.39 is 0 Å². The molecule has 0 unspecified atom stereocenters. The Labute approximate surface area is 196 Å². The molecule has 5 aliphatic carbocycles. The highest BCUT2D eigenvalue weighted by Crippen LogP contribution is 2.75. The molecule has 7 atom stereocenters. The van der Waals surface area contributed by atoms with E-state index in [2.05, 4.69) is 54.5 Å². The number of Topliss-reactive ketones (excluding diaryl/α,β-unsaturated/α-hetero) is 1. The first-order valence-corrected chi connectivity index (χ1v) is 13.5. The molecular formula is C30H46O2. The van der Waals surface area contributed by atoms with Crippen molar-refractivity contribution in [2.45, 2.75) is 113 Å². The minimum Gasteiger partial charge on any atom is -0.302 e. The predicted molar refractivity (Wildman–Crippen MR) is 130 cm³/mol. The summed E-state index contributed by atoms with van der Waals surface area (Å²) in [4.78, 5) is 25.4. The Morgan fingerprint density at radius 2 is 1.47 bits per heavy atom. The van der Waals surface area contributed by atoms with E-state index in [-0.39, 0.29) is 32.5 Å². The van der Waals surface area contributed by atoms with Crippen LogP contribution in [0, 0.1) is 50.2 Å². The first-order chi connectivity index (χ1) is 14.8. The molecule has 0 amide bonds. The van der Waals surface area contributed by atoms with Gasteiger partial charge in [-0.15, -0.1) is 0 Å². The zero-order chi connectivity index (χ0) is 23.4. The molecule has 5 rings (SSSR count). The third kappa shape index (κ3) is 2.65. The van der Waals surface area contributed by atoms with Crippen LogP contribution in [-0.4, -0.2) is 12.1 Å². The van der Waals surface area contributed by atoms with Crippen molar-refractivity contribution in [2.75, 3.05) is 0 Å². The zero-order valence-corrected chi connectivity index (χ0v) is 21.8. The highest BCUT2D eigenvalue weighted by Gasteiger charge is 2.69. The van der Waals surface area contributed by atoms with Crippen molar-refractivity contribution >= 4 is 12.1 Å². The molecule has 4 saturated carbocycles. The van der Waals surface area contributed by atoms with E-state index in [1.807, 2.05) is 0 Å². The van der Waals surface area contributed by atoms with Crippen molar-refractivity contribution in [1.29, 1.82) is 0 Å². The molecule has 0 aromatic heterocycles. The number of hydrogen-bond donors (Lipinski definition) is 0. The van der Waals surface area contributed by atoms with Crippen molar-refractivity contribution in [3.05, 3.63) is 11.6 Å². The van der Waals surface area contributed by atoms with Crippen molar-refractivity contribution in [3.8, 4) is 0 Å². The van der Waals surface area contributed by atoms with Gasteiger partial charge in [-0.2, -0.15) is 0 Å². The van der Waals surface area contributed by atoms with Crippen molar-refractivity contribution < 1.29 is 9.59 Å². The summed E-state index contributed by atoms with van der Waals surface area (Å²) in [6.45, 7) is 17.0. The molecule has 0 aliphatic heterocycles. The lowest BCUT2D eigenvalue weighted by Gasteiger charge is -2.71. The maximum absolute atomic E-state index is 12.9. The number of carbonyl (C=O) groups excluding carboxylic acids is 2. The van der Waals surface area contributed by atoms with E-state index in [0.717, 1.165) is 32.1 Å². The Balaban J connectivity index is 1.58. The number of carbonyl (C=O) groups is 2. The Kier molecular flexibility index (Phi) is 4.71. The van der Waals surface area contributed by atoms with Gasteiger partial charge >= 0.3 is 0 Å². The summed E-state index contributed by atoms with van der Waals surface area (Å²) in [5, 5.41) is 0. The Bertz CT molecular complexity index is 879. The maximum Gasteiger partial charge on any atom is 0.138 e. The fraction of sp³-hybridized carbons (Fsp3) is 0.867. The highest BCUT2D eigenvalue weighted by molar-refractivity contribution is 5.85. The number of hydrogen-bond acceptors (Lipinski definition) is 2. The van der Waals surface area contributed by atoms with Gasteiger partial charge in [-0.05, 0) is 97.2 Å². The molecule has 0 aromatic rings. The van der Waals surface area contributed by atoms with Crippen LogP contribution in [0.3, 0.4) is 0 Å². The Morgan fingerprint density at radius 1 is 0.781 bits per heavy atom. The molecule has 32 heavy (non-hydrogen) atoms. The molecule has 0 bridgehead atoms. The van der Waals surface area contributed by atoms with Gasteiger partial charge in [0, 0.05) is 17.3 Å². The second-order valence-electron chi connectivity index (χ2n) is 14.6. The second-order valence-corrected chi connectivity index (χ2v) is 14.6. The predicted octanol–water partition coefficient (Wildman–Crippen LogP) is 7.56. The average Bonchev–Trinajstić information content (AvgIpc) is 2.71. The SMILES string of the molecule is CC1(C)C=C2[C@H]3CC[C@@H]4[C@@]5(C)CCC(=O)C(C)(C)[C@@H]5CC[C@@]4(C)[C@]3(C)CC[C@@]2(C=O)CC1. The summed E-state index contributed by atoms with van der Waals surface area (Å²) in [5.74, 6) is 2.23. The average molecular weight is 439 g/mol. The second kappa shape index (κ2) is 6.60. The van der Waals surface area contributed by atoms with Gasteiger partial charge in [0.05, 0.1) is 0 Å². The molecule has 0 spiro atoms. The maximum atomic E-state index is 12.9. The van der Waals surface area contributed by atoms with E-state index in [1.165, 1.54) is 44.0 Å². The number of ketones is 1. The topological polar surface area (TPSA) is 34.1 Å². The largest absolute Gasteiger partial charge is 0.302 e. The van der Waals surface area contributed by atoms with Crippen LogP contribution in [0.4, 0.5) is 0 Å². The van der Waals surface area contributed by atoms with Crippen molar-refractivity contribution in [2.24, 2.45) is 50.2 Å². The molecule has 2 heteroatoms. The van der Waals surface area contributed by atoms with Crippen LogP contribution < -0.4 is 0 Å². The first kappa shape index (κ1) is 22.9. The number of allylic oxidation sites excluding steroid dienone is 2. The summed E-state index contributed by atoms with van der Waals surface area (Å²) in [7, 11) is 0. The van der Waals surface area contributed by atoms with Crippen LogP contribution in [0.25, 0.3) is 0 Å². The summed E-state index contributed by atoms with van der Waals surface area (Å²) >= 11 is 0. The quantitative estimate of drug-likeness (QED) is 0.313. The van der Waals surface area contributed by atoms with Gasteiger partial charge in [-0.25, -0.2) is 0 Å². The smallest absolute Gasteiger partial charge is 0.138 e. The van der Waals surface area contributed by atoms with E-state index in [1.54, 1.807) is 0 Å². The fourth-order valence-corrected chi connectivity index (χ4v) is 10.4. The van der Waals surface area contributed by atoms with E-state index in [9.17, 15) is 9.59 Å².